The van der Waals surface area contributed by atoms with E-state index in [2.05, 4.69) is 20.0 Å². The number of ether oxygens (including phenoxy) is 1. The molecule has 2 heterocycles. The molecule has 2 rings (SSSR count). The molecule has 6 nitrogen and oxygen atoms in total. The van der Waals surface area contributed by atoms with Crippen LogP contribution in [0.4, 0.5) is 5.82 Å². The summed E-state index contributed by atoms with van der Waals surface area (Å²) in [6.07, 6.45) is 5.16. The second-order valence-electron chi connectivity index (χ2n) is 3.73. The van der Waals surface area contributed by atoms with Crippen molar-refractivity contribution in [2.45, 2.75) is 6.54 Å². The molecule has 94 valence electrons. The number of nitrogens with one attached hydrogen (secondary N) is 1. The standard InChI is InChI=1S/C12H14N4O2/c1-16-6-5-14-11(16)8-15-10-7-9(3-4-13-10)12(17)18-2/h3-7H,8H2,1-2H3,(H,13,15). The van der Waals surface area contributed by atoms with Gasteiger partial charge in [-0.15, -0.1) is 0 Å². The number of pyridine rings is 1. The van der Waals surface area contributed by atoms with E-state index >= 15 is 0 Å². The number of methoxy groups -OCH3 is 1. The largest absolute Gasteiger partial charge is 0.465 e. The van der Waals surface area contributed by atoms with E-state index < -0.39 is 0 Å². The van der Waals surface area contributed by atoms with Crippen LogP contribution in [-0.2, 0) is 18.3 Å². The van der Waals surface area contributed by atoms with Crippen molar-refractivity contribution in [3.05, 3.63) is 42.1 Å². The fraction of sp³-hybridized carbons (Fsp3) is 0.250. The van der Waals surface area contributed by atoms with Crippen molar-refractivity contribution in [2.24, 2.45) is 7.05 Å². The van der Waals surface area contributed by atoms with E-state index in [1.165, 1.54) is 7.11 Å². The Kier molecular flexibility index (Phi) is 3.57. The van der Waals surface area contributed by atoms with Crippen molar-refractivity contribution >= 4 is 11.8 Å². The number of rotatable bonds is 4. The Balaban J connectivity index is 2.06. The highest BCUT2D eigenvalue weighted by molar-refractivity contribution is 5.89. The molecule has 18 heavy (non-hydrogen) atoms. The maximum Gasteiger partial charge on any atom is 0.338 e. The first-order chi connectivity index (χ1) is 8.70. The molecule has 0 radical (unpaired) electrons. The lowest BCUT2D eigenvalue weighted by atomic mass is 10.2. The molecule has 0 spiro atoms. The van der Waals surface area contributed by atoms with Crippen LogP contribution in [0.15, 0.2) is 30.7 Å². The predicted octanol–water partition coefficient (Wildman–Crippen LogP) is 1.21. The van der Waals surface area contributed by atoms with E-state index in [0.717, 1.165) is 5.82 Å². The van der Waals surface area contributed by atoms with Crippen molar-refractivity contribution in [1.82, 2.24) is 14.5 Å². The van der Waals surface area contributed by atoms with E-state index in [4.69, 9.17) is 0 Å². The molecular weight excluding hydrogens is 232 g/mol. The summed E-state index contributed by atoms with van der Waals surface area (Å²) >= 11 is 0. The van der Waals surface area contributed by atoms with E-state index in [1.807, 2.05) is 17.8 Å². The number of aryl methyl sites for hydroxylation is 1. The Labute approximate surface area is 105 Å². The van der Waals surface area contributed by atoms with Gasteiger partial charge in [0.15, 0.2) is 0 Å². The molecule has 1 N–H and O–H groups in total. The van der Waals surface area contributed by atoms with Crippen LogP contribution in [0.25, 0.3) is 0 Å². The summed E-state index contributed by atoms with van der Waals surface area (Å²) in [6, 6.07) is 3.26. The van der Waals surface area contributed by atoms with E-state index in [0.29, 0.717) is 17.9 Å². The molecule has 0 aliphatic rings. The van der Waals surface area contributed by atoms with Crippen molar-refractivity contribution in [3.8, 4) is 0 Å². The summed E-state index contributed by atoms with van der Waals surface area (Å²) in [5, 5.41) is 3.11. The Bertz CT molecular complexity index is 551. The van der Waals surface area contributed by atoms with Gasteiger partial charge >= 0.3 is 5.97 Å². The highest BCUT2D eigenvalue weighted by atomic mass is 16.5. The maximum atomic E-state index is 11.4. The number of hydrogen-bond acceptors (Lipinski definition) is 5. The minimum absolute atomic E-state index is 0.377. The number of esters is 1. The molecule has 0 bridgehead atoms. The molecule has 2 aromatic heterocycles. The van der Waals surface area contributed by atoms with Gasteiger partial charge in [-0.25, -0.2) is 14.8 Å². The summed E-state index contributed by atoms with van der Waals surface area (Å²) in [6.45, 7) is 0.543. The minimum Gasteiger partial charge on any atom is -0.465 e. The summed E-state index contributed by atoms with van der Waals surface area (Å²) in [7, 11) is 3.27. The third kappa shape index (κ3) is 2.65. The molecule has 0 unspecified atom stereocenters. The second kappa shape index (κ2) is 5.31. The Morgan fingerprint density at radius 1 is 1.44 bits per heavy atom. The molecule has 0 fully saturated rings. The van der Waals surface area contributed by atoms with Gasteiger partial charge in [0.1, 0.15) is 11.6 Å². The van der Waals surface area contributed by atoms with Gasteiger partial charge in [0.25, 0.3) is 0 Å². The monoisotopic (exact) mass is 246 g/mol. The highest BCUT2D eigenvalue weighted by Gasteiger charge is 2.06. The Hall–Kier alpha value is -2.37. The molecule has 0 aliphatic heterocycles. The SMILES string of the molecule is COC(=O)c1ccnc(NCc2nccn2C)c1. The minimum atomic E-state index is -0.377. The molecule has 0 saturated carbocycles. The smallest absolute Gasteiger partial charge is 0.338 e. The fourth-order valence-electron chi connectivity index (χ4n) is 1.51. The van der Waals surface area contributed by atoms with Gasteiger partial charge in [0.05, 0.1) is 19.2 Å². The van der Waals surface area contributed by atoms with Crippen LogP contribution in [0.5, 0.6) is 0 Å². The maximum absolute atomic E-state index is 11.4. The van der Waals surface area contributed by atoms with Gasteiger partial charge in [0.2, 0.25) is 0 Å². The van der Waals surface area contributed by atoms with E-state index in [-0.39, 0.29) is 5.97 Å². The van der Waals surface area contributed by atoms with Crippen LogP contribution in [0.2, 0.25) is 0 Å². The number of carbonyl (C=O) groups is 1. The van der Waals surface area contributed by atoms with E-state index in [1.54, 1.807) is 24.5 Å². The number of carbonyl (C=O) groups excluding carboxylic acids is 1. The summed E-state index contributed by atoms with van der Waals surface area (Å²) in [5.74, 6) is 1.12. The average Bonchev–Trinajstić information content (AvgIpc) is 2.81. The molecule has 0 atom stereocenters. The second-order valence-corrected chi connectivity index (χ2v) is 3.73. The Morgan fingerprint density at radius 2 is 2.28 bits per heavy atom. The lowest BCUT2D eigenvalue weighted by Crippen LogP contribution is -2.08. The van der Waals surface area contributed by atoms with E-state index in [9.17, 15) is 4.79 Å². The lowest BCUT2D eigenvalue weighted by Gasteiger charge is -2.06. The van der Waals surface area contributed by atoms with Crippen LogP contribution in [0.3, 0.4) is 0 Å². The number of imidazole rings is 1. The molecule has 6 heteroatoms. The van der Waals surface area contributed by atoms with Crippen LogP contribution in [-0.4, -0.2) is 27.6 Å². The summed E-state index contributed by atoms with van der Waals surface area (Å²) in [4.78, 5) is 19.7. The molecule has 2 aromatic rings. The van der Waals surface area contributed by atoms with Crippen molar-refractivity contribution in [3.63, 3.8) is 0 Å². The quantitative estimate of drug-likeness (QED) is 0.821. The number of nitrogens with zero attached hydrogens (tertiary/aromatic N) is 3. The molecule has 0 saturated heterocycles. The number of aromatic nitrogens is 3. The molecule has 0 aromatic carbocycles. The van der Waals surface area contributed by atoms with Gasteiger partial charge < -0.3 is 14.6 Å². The third-order valence-electron chi connectivity index (χ3n) is 2.53. The highest BCUT2D eigenvalue weighted by Crippen LogP contribution is 2.09. The first-order valence-electron chi connectivity index (χ1n) is 5.45. The van der Waals surface area contributed by atoms with Crippen molar-refractivity contribution in [1.29, 1.82) is 0 Å². The summed E-state index contributed by atoms with van der Waals surface area (Å²) < 4.78 is 6.56. The van der Waals surface area contributed by atoms with Crippen LogP contribution < -0.4 is 5.32 Å². The lowest BCUT2D eigenvalue weighted by molar-refractivity contribution is 0.0600. The topological polar surface area (TPSA) is 69.0 Å². The average molecular weight is 246 g/mol. The molecule has 0 aliphatic carbocycles. The van der Waals surface area contributed by atoms with Gasteiger partial charge in [-0.3, -0.25) is 0 Å². The molecule has 0 amide bonds. The first-order valence-corrected chi connectivity index (χ1v) is 5.45. The number of hydrogen-bond donors (Lipinski definition) is 1. The van der Waals surface area contributed by atoms with Crippen LogP contribution >= 0.6 is 0 Å². The van der Waals surface area contributed by atoms with Crippen molar-refractivity contribution in [2.75, 3.05) is 12.4 Å². The van der Waals surface area contributed by atoms with Crippen molar-refractivity contribution < 1.29 is 9.53 Å². The summed E-state index contributed by atoms with van der Waals surface area (Å²) in [5.41, 5.74) is 0.467. The van der Waals surface area contributed by atoms with Crippen LogP contribution in [0.1, 0.15) is 16.2 Å². The normalized spacial score (nSPS) is 10.1. The van der Waals surface area contributed by atoms with Gasteiger partial charge in [-0.1, -0.05) is 0 Å². The van der Waals surface area contributed by atoms with Gasteiger partial charge in [-0.2, -0.15) is 0 Å². The third-order valence-corrected chi connectivity index (χ3v) is 2.53. The van der Waals surface area contributed by atoms with Crippen LogP contribution in [0, 0.1) is 0 Å². The first kappa shape index (κ1) is 12.1. The molecular formula is C12H14N4O2. The predicted molar refractivity (Wildman–Crippen MR) is 66.1 cm³/mol. The van der Waals surface area contributed by atoms with Gasteiger partial charge in [-0.05, 0) is 12.1 Å². The van der Waals surface area contributed by atoms with Gasteiger partial charge in [0, 0.05) is 25.6 Å². The fourth-order valence-corrected chi connectivity index (χ4v) is 1.51. The Morgan fingerprint density at radius 3 is 2.94 bits per heavy atom. The zero-order valence-electron chi connectivity index (χ0n) is 10.3. The zero-order valence-corrected chi connectivity index (χ0v) is 10.3. The number of anilines is 1. The zero-order chi connectivity index (χ0) is 13.0.